The molecule has 7 nitrogen and oxygen atoms in total. The average molecular weight is 473 g/mol. The Kier molecular flexibility index (Phi) is 5.86. The molecule has 3 aromatic heterocycles. The second kappa shape index (κ2) is 8.71. The smallest absolute Gasteiger partial charge is 0.236 e. The summed E-state index contributed by atoms with van der Waals surface area (Å²) in [7, 11) is 0. The Labute approximate surface area is 179 Å². The number of rotatable bonds is 7. The SMILES string of the molecule is Cc1cc(NC(=O)CSc2ncc(-c3ccc(Br)cc3)n2Cc2ccco2)no1. The quantitative estimate of drug-likeness (QED) is 0.381. The molecule has 0 spiro atoms. The van der Waals surface area contributed by atoms with Crippen molar-refractivity contribution in [3.63, 3.8) is 0 Å². The van der Waals surface area contributed by atoms with E-state index in [1.807, 2.05) is 47.2 Å². The van der Waals surface area contributed by atoms with Gasteiger partial charge < -0.3 is 18.8 Å². The van der Waals surface area contributed by atoms with Gasteiger partial charge in [0.1, 0.15) is 11.5 Å². The molecule has 0 aliphatic carbocycles. The van der Waals surface area contributed by atoms with Crippen molar-refractivity contribution in [2.75, 3.05) is 11.1 Å². The summed E-state index contributed by atoms with van der Waals surface area (Å²) in [5.74, 6) is 1.87. The van der Waals surface area contributed by atoms with Crippen molar-refractivity contribution in [1.82, 2.24) is 14.7 Å². The van der Waals surface area contributed by atoms with Gasteiger partial charge in [0.15, 0.2) is 11.0 Å². The Morgan fingerprint density at radius 1 is 1.28 bits per heavy atom. The Morgan fingerprint density at radius 2 is 2.10 bits per heavy atom. The minimum absolute atomic E-state index is 0.180. The zero-order valence-electron chi connectivity index (χ0n) is 15.5. The second-order valence-electron chi connectivity index (χ2n) is 6.26. The molecule has 1 N–H and O–H groups in total. The lowest BCUT2D eigenvalue weighted by Gasteiger charge is -2.11. The molecule has 4 aromatic rings. The number of anilines is 1. The third-order valence-corrected chi connectivity index (χ3v) is 5.60. The minimum atomic E-state index is -0.180. The number of aryl methyl sites for hydroxylation is 1. The van der Waals surface area contributed by atoms with E-state index in [1.54, 1.807) is 19.3 Å². The maximum absolute atomic E-state index is 12.3. The highest BCUT2D eigenvalue weighted by Gasteiger charge is 2.16. The van der Waals surface area contributed by atoms with E-state index in [1.165, 1.54) is 11.8 Å². The molecule has 1 aromatic carbocycles. The van der Waals surface area contributed by atoms with Gasteiger partial charge in [-0.2, -0.15) is 0 Å². The number of hydrogen-bond acceptors (Lipinski definition) is 6. The van der Waals surface area contributed by atoms with Gasteiger partial charge in [0.2, 0.25) is 5.91 Å². The fourth-order valence-electron chi connectivity index (χ4n) is 2.77. The van der Waals surface area contributed by atoms with Crippen molar-refractivity contribution >= 4 is 39.4 Å². The summed E-state index contributed by atoms with van der Waals surface area (Å²) in [6, 6.07) is 13.5. The number of benzene rings is 1. The van der Waals surface area contributed by atoms with Gasteiger partial charge in [-0.25, -0.2) is 4.98 Å². The molecule has 0 atom stereocenters. The molecule has 0 aliphatic heterocycles. The molecule has 148 valence electrons. The Morgan fingerprint density at radius 3 is 2.79 bits per heavy atom. The average Bonchev–Trinajstić information content (AvgIpc) is 3.44. The molecular formula is C20H17BrN4O3S. The maximum Gasteiger partial charge on any atom is 0.236 e. The van der Waals surface area contributed by atoms with Gasteiger partial charge in [0.05, 0.1) is 30.5 Å². The van der Waals surface area contributed by atoms with Gasteiger partial charge in [-0.3, -0.25) is 4.79 Å². The molecular weight excluding hydrogens is 456 g/mol. The fraction of sp³-hybridized carbons (Fsp3) is 0.150. The van der Waals surface area contributed by atoms with Gasteiger partial charge in [-0.05, 0) is 36.8 Å². The number of thioether (sulfide) groups is 1. The van der Waals surface area contributed by atoms with Crippen molar-refractivity contribution in [3.05, 3.63) is 70.9 Å². The fourth-order valence-corrected chi connectivity index (χ4v) is 3.81. The van der Waals surface area contributed by atoms with Crippen LogP contribution < -0.4 is 5.32 Å². The Bertz CT molecular complexity index is 1100. The van der Waals surface area contributed by atoms with Crippen LogP contribution in [-0.4, -0.2) is 26.4 Å². The van der Waals surface area contributed by atoms with E-state index in [0.29, 0.717) is 18.1 Å². The molecule has 1 amide bonds. The van der Waals surface area contributed by atoms with E-state index < -0.39 is 0 Å². The highest BCUT2D eigenvalue weighted by molar-refractivity contribution is 9.10. The van der Waals surface area contributed by atoms with Crippen LogP contribution in [0.3, 0.4) is 0 Å². The summed E-state index contributed by atoms with van der Waals surface area (Å²) in [5, 5.41) is 7.22. The van der Waals surface area contributed by atoms with Crippen molar-refractivity contribution in [2.45, 2.75) is 18.6 Å². The molecule has 0 unspecified atom stereocenters. The topological polar surface area (TPSA) is 86.1 Å². The zero-order chi connectivity index (χ0) is 20.2. The number of amides is 1. The number of hydrogen-bond donors (Lipinski definition) is 1. The number of carbonyl (C=O) groups excluding carboxylic acids is 1. The number of furan rings is 1. The van der Waals surface area contributed by atoms with Crippen LogP contribution in [0.2, 0.25) is 0 Å². The molecule has 0 radical (unpaired) electrons. The first-order valence-electron chi connectivity index (χ1n) is 8.78. The predicted molar refractivity (Wildman–Crippen MR) is 114 cm³/mol. The van der Waals surface area contributed by atoms with Crippen LogP contribution in [-0.2, 0) is 11.3 Å². The molecule has 0 aliphatic rings. The van der Waals surface area contributed by atoms with Crippen molar-refractivity contribution in [3.8, 4) is 11.3 Å². The number of halogens is 1. The van der Waals surface area contributed by atoms with Crippen LogP contribution in [0.4, 0.5) is 5.82 Å². The molecule has 0 fully saturated rings. The molecule has 4 rings (SSSR count). The van der Waals surface area contributed by atoms with E-state index >= 15 is 0 Å². The maximum atomic E-state index is 12.3. The summed E-state index contributed by atoms with van der Waals surface area (Å²) >= 11 is 4.81. The molecule has 0 saturated heterocycles. The van der Waals surface area contributed by atoms with Crippen LogP contribution in [0, 0.1) is 6.92 Å². The third-order valence-electron chi connectivity index (χ3n) is 4.08. The second-order valence-corrected chi connectivity index (χ2v) is 8.12. The lowest BCUT2D eigenvalue weighted by molar-refractivity contribution is -0.113. The first-order valence-corrected chi connectivity index (χ1v) is 10.6. The molecule has 0 saturated carbocycles. The lowest BCUT2D eigenvalue weighted by atomic mass is 10.2. The molecule has 29 heavy (non-hydrogen) atoms. The Balaban J connectivity index is 1.54. The van der Waals surface area contributed by atoms with Crippen LogP contribution in [0.15, 0.2) is 73.5 Å². The predicted octanol–water partition coefficient (Wildman–Crippen LogP) is 4.98. The van der Waals surface area contributed by atoms with Crippen molar-refractivity contribution in [2.24, 2.45) is 0 Å². The first kappa shape index (κ1) is 19.5. The molecule has 0 bridgehead atoms. The monoisotopic (exact) mass is 472 g/mol. The van der Waals surface area contributed by atoms with Gasteiger partial charge in [-0.15, -0.1) is 0 Å². The van der Waals surface area contributed by atoms with E-state index in [2.05, 4.69) is 31.4 Å². The standard InChI is InChI=1S/C20H17BrN4O3S/c1-13-9-18(24-28-13)23-19(26)12-29-20-22-10-17(14-4-6-15(21)7-5-14)25(20)11-16-3-2-8-27-16/h2-10H,11-12H2,1H3,(H,23,24,26). The largest absolute Gasteiger partial charge is 0.467 e. The van der Waals surface area contributed by atoms with Crippen LogP contribution in [0.1, 0.15) is 11.5 Å². The van der Waals surface area contributed by atoms with Crippen LogP contribution >= 0.6 is 27.7 Å². The summed E-state index contributed by atoms with van der Waals surface area (Å²) in [6.45, 7) is 2.29. The van der Waals surface area contributed by atoms with Crippen LogP contribution in [0.25, 0.3) is 11.3 Å². The van der Waals surface area contributed by atoms with Gasteiger partial charge in [-0.1, -0.05) is 45.0 Å². The number of carbonyl (C=O) groups is 1. The number of nitrogens with one attached hydrogen (secondary N) is 1. The normalized spacial score (nSPS) is 11.0. The van der Waals surface area contributed by atoms with E-state index in [9.17, 15) is 4.79 Å². The first-order chi connectivity index (χ1) is 14.1. The third kappa shape index (κ3) is 4.80. The molecule has 3 heterocycles. The van der Waals surface area contributed by atoms with E-state index in [4.69, 9.17) is 8.94 Å². The van der Waals surface area contributed by atoms with Crippen molar-refractivity contribution in [1.29, 1.82) is 0 Å². The van der Waals surface area contributed by atoms with Gasteiger partial charge >= 0.3 is 0 Å². The Hall–Kier alpha value is -2.78. The molecule has 9 heteroatoms. The summed E-state index contributed by atoms with van der Waals surface area (Å²) < 4.78 is 13.5. The van der Waals surface area contributed by atoms with Gasteiger partial charge in [0, 0.05) is 10.5 Å². The number of imidazole rings is 1. The summed E-state index contributed by atoms with van der Waals surface area (Å²) in [5.41, 5.74) is 1.98. The minimum Gasteiger partial charge on any atom is -0.467 e. The number of nitrogens with zero attached hydrogens (tertiary/aromatic N) is 3. The summed E-state index contributed by atoms with van der Waals surface area (Å²) in [6.07, 6.45) is 3.46. The van der Waals surface area contributed by atoms with Gasteiger partial charge in [0.25, 0.3) is 0 Å². The zero-order valence-corrected chi connectivity index (χ0v) is 17.9. The summed E-state index contributed by atoms with van der Waals surface area (Å²) in [4.78, 5) is 16.8. The highest BCUT2D eigenvalue weighted by Crippen LogP contribution is 2.28. The lowest BCUT2D eigenvalue weighted by Crippen LogP contribution is -2.15. The van der Waals surface area contributed by atoms with Crippen LogP contribution in [0.5, 0.6) is 0 Å². The van der Waals surface area contributed by atoms with E-state index in [-0.39, 0.29) is 11.7 Å². The highest BCUT2D eigenvalue weighted by atomic mass is 79.9. The number of aromatic nitrogens is 3. The van der Waals surface area contributed by atoms with E-state index in [0.717, 1.165) is 26.6 Å². The van der Waals surface area contributed by atoms with Crippen molar-refractivity contribution < 1.29 is 13.7 Å².